The van der Waals surface area contributed by atoms with Crippen LogP contribution in [0, 0.1) is 13.8 Å². The molecule has 0 amide bonds. The Balaban J connectivity index is 2.03. The Hall–Kier alpha value is -2.29. The molecule has 0 saturated carbocycles. The van der Waals surface area contributed by atoms with E-state index in [9.17, 15) is 4.79 Å². The Kier molecular flexibility index (Phi) is 3.85. The van der Waals surface area contributed by atoms with E-state index >= 15 is 0 Å². The minimum absolute atomic E-state index is 0.272. The lowest BCUT2D eigenvalue weighted by molar-refractivity contribution is 0.0472. The van der Waals surface area contributed by atoms with Crippen molar-refractivity contribution in [3.8, 4) is 0 Å². The minimum Gasteiger partial charge on any atom is -0.457 e. The SMILES string of the molecule is Cc1cccc(COC(=O)c2ccc(C)c(N)c2)c1. The summed E-state index contributed by atoms with van der Waals surface area (Å²) in [6, 6.07) is 13.1. The lowest BCUT2D eigenvalue weighted by Gasteiger charge is -2.07. The van der Waals surface area contributed by atoms with Crippen LogP contribution < -0.4 is 5.73 Å². The number of nitrogens with two attached hydrogens (primary N) is 1. The predicted molar refractivity (Wildman–Crippen MR) is 75.9 cm³/mol. The Morgan fingerprint density at radius 1 is 1.16 bits per heavy atom. The maximum Gasteiger partial charge on any atom is 0.338 e. The third-order valence-corrected chi connectivity index (χ3v) is 2.97. The smallest absolute Gasteiger partial charge is 0.338 e. The van der Waals surface area contributed by atoms with E-state index in [0.29, 0.717) is 11.3 Å². The number of ether oxygens (including phenoxy) is 1. The molecule has 0 fully saturated rings. The highest BCUT2D eigenvalue weighted by atomic mass is 16.5. The van der Waals surface area contributed by atoms with Crippen LogP contribution in [0.5, 0.6) is 0 Å². The van der Waals surface area contributed by atoms with Crippen molar-refractivity contribution in [3.05, 3.63) is 64.7 Å². The van der Waals surface area contributed by atoms with Gasteiger partial charge in [0.2, 0.25) is 0 Å². The highest BCUT2D eigenvalue weighted by molar-refractivity contribution is 5.90. The van der Waals surface area contributed by atoms with Gasteiger partial charge in [0.05, 0.1) is 5.56 Å². The van der Waals surface area contributed by atoms with Gasteiger partial charge in [-0.05, 0) is 37.1 Å². The van der Waals surface area contributed by atoms with Crippen LogP contribution in [0.25, 0.3) is 0 Å². The zero-order chi connectivity index (χ0) is 13.8. The molecule has 2 aromatic rings. The van der Waals surface area contributed by atoms with Gasteiger partial charge in [-0.2, -0.15) is 0 Å². The van der Waals surface area contributed by atoms with Gasteiger partial charge in [0.25, 0.3) is 0 Å². The minimum atomic E-state index is -0.354. The lowest BCUT2D eigenvalue weighted by Crippen LogP contribution is -2.06. The zero-order valence-corrected chi connectivity index (χ0v) is 11.1. The molecule has 3 heteroatoms. The molecule has 0 aliphatic heterocycles. The van der Waals surface area contributed by atoms with Gasteiger partial charge in [-0.25, -0.2) is 4.79 Å². The second-order valence-electron chi connectivity index (χ2n) is 4.64. The van der Waals surface area contributed by atoms with Gasteiger partial charge < -0.3 is 10.5 Å². The number of nitrogen functional groups attached to an aromatic ring is 1. The van der Waals surface area contributed by atoms with Gasteiger partial charge in [0, 0.05) is 5.69 Å². The average molecular weight is 255 g/mol. The molecule has 98 valence electrons. The van der Waals surface area contributed by atoms with E-state index in [4.69, 9.17) is 10.5 Å². The lowest BCUT2D eigenvalue weighted by atomic mass is 10.1. The summed E-state index contributed by atoms with van der Waals surface area (Å²) < 4.78 is 5.27. The first-order valence-electron chi connectivity index (χ1n) is 6.15. The van der Waals surface area contributed by atoms with Crippen molar-refractivity contribution in [1.82, 2.24) is 0 Å². The monoisotopic (exact) mass is 255 g/mol. The molecule has 2 aromatic carbocycles. The van der Waals surface area contributed by atoms with Crippen LogP contribution in [0.1, 0.15) is 27.0 Å². The maximum absolute atomic E-state index is 11.9. The fourth-order valence-electron chi connectivity index (χ4n) is 1.80. The van der Waals surface area contributed by atoms with E-state index in [1.165, 1.54) is 0 Å². The number of esters is 1. The van der Waals surface area contributed by atoms with Gasteiger partial charge >= 0.3 is 5.97 Å². The predicted octanol–water partition coefficient (Wildman–Crippen LogP) is 3.24. The van der Waals surface area contributed by atoms with Crippen LogP contribution >= 0.6 is 0 Å². The molecule has 0 atom stereocenters. The van der Waals surface area contributed by atoms with Crippen LogP contribution in [0.15, 0.2) is 42.5 Å². The van der Waals surface area contributed by atoms with E-state index in [1.807, 2.05) is 44.2 Å². The van der Waals surface area contributed by atoms with Crippen LogP contribution in [-0.4, -0.2) is 5.97 Å². The molecule has 0 spiro atoms. The maximum atomic E-state index is 11.9. The van der Waals surface area contributed by atoms with E-state index in [1.54, 1.807) is 12.1 Å². The number of hydrogen-bond donors (Lipinski definition) is 1. The molecule has 0 radical (unpaired) electrons. The molecule has 2 rings (SSSR count). The van der Waals surface area contributed by atoms with Crippen LogP contribution in [0.2, 0.25) is 0 Å². The Bertz CT molecular complexity index is 605. The molecular weight excluding hydrogens is 238 g/mol. The van der Waals surface area contributed by atoms with Crippen molar-refractivity contribution < 1.29 is 9.53 Å². The summed E-state index contributed by atoms with van der Waals surface area (Å²) in [7, 11) is 0. The average Bonchev–Trinajstić information content (AvgIpc) is 2.39. The fraction of sp³-hybridized carbons (Fsp3) is 0.188. The van der Waals surface area contributed by atoms with Gasteiger partial charge in [-0.3, -0.25) is 0 Å². The summed E-state index contributed by atoms with van der Waals surface area (Å²) in [5.74, 6) is -0.354. The quantitative estimate of drug-likeness (QED) is 0.676. The Labute approximate surface area is 113 Å². The normalized spacial score (nSPS) is 10.2. The number of carbonyl (C=O) groups is 1. The second kappa shape index (κ2) is 5.57. The molecule has 2 N–H and O–H groups in total. The molecule has 3 nitrogen and oxygen atoms in total. The highest BCUT2D eigenvalue weighted by Gasteiger charge is 2.08. The number of carbonyl (C=O) groups excluding carboxylic acids is 1. The number of aryl methyl sites for hydroxylation is 2. The largest absolute Gasteiger partial charge is 0.457 e. The summed E-state index contributed by atoms with van der Waals surface area (Å²) in [5, 5.41) is 0. The standard InChI is InChI=1S/C16H17NO2/c1-11-4-3-5-13(8-11)10-19-16(18)14-7-6-12(2)15(17)9-14/h3-9H,10,17H2,1-2H3. The fourth-order valence-corrected chi connectivity index (χ4v) is 1.80. The van der Waals surface area contributed by atoms with Gasteiger partial charge in [0.1, 0.15) is 6.61 Å². The number of hydrogen-bond acceptors (Lipinski definition) is 3. The van der Waals surface area contributed by atoms with Crippen molar-refractivity contribution in [2.75, 3.05) is 5.73 Å². The van der Waals surface area contributed by atoms with E-state index in [2.05, 4.69) is 0 Å². The van der Waals surface area contributed by atoms with Crippen molar-refractivity contribution in [2.45, 2.75) is 20.5 Å². The first-order valence-corrected chi connectivity index (χ1v) is 6.15. The van der Waals surface area contributed by atoms with Crippen LogP contribution in [0.4, 0.5) is 5.69 Å². The molecule has 0 aliphatic rings. The van der Waals surface area contributed by atoms with Crippen molar-refractivity contribution in [1.29, 1.82) is 0 Å². The molecular formula is C16H17NO2. The summed E-state index contributed by atoms with van der Waals surface area (Å²) in [5.41, 5.74) is 9.94. The van der Waals surface area contributed by atoms with Crippen molar-refractivity contribution in [3.63, 3.8) is 0 Å². The van der Waals surface area contributed by atoms with Gasteiger partial charge in [-0.1, -0.05) is 35.9 Å². The Morgan fingerprint density at radius 2 is 1.95 bits per heavy atom. The van der Waals surface area contributed by atoms with Crippen LogP contribution in [0.3, 0.4) is 0 Å². The van der Waals surface area contributed by atoms with Crippen molar-refractivity contribution in [2.24, 2.45) is 0 Å². The second-order valence-corrected chi connectivity index (χ2v) is 4.64. The highest BCUT2D eigenvalue weighted by Crippen LogP contribution is 2.14. The zero-order valence-electron chi connectivity index (χ0n) is 11.1. The summed E-state index contributed by atoms with van der Waals surface area (Å²) in [6.07, 6.45) is 0. The molecule has 0 aromatic heterocycles. The van der Waals surface area contributed by atoms with E-state index in [-0.39, 0.29) is 12.6 Å². The summed E-state index contributed by atoms with van der Waals surface area (Å²) >= 11 is 0. The third-order valence-electron chi connectivity index (χ3n) is 2.97. The first kappa shape index (κ1) is 13.1. The Morgan fingerprint density at radius 3 is 2.63 bits per heavy atom. The topological polar surface area (TPSA) is 52.3 Å². The van der Waals surface area contributed by atoms with Gasteiger partial charge in [0.15, 0.2) is 0 Å². The molecule has 0 aliphatic carbocycles. The molecule has 0 heterocycles. The van der Waals surface area contributed by atoms with Crippen molar-refractivity contribution >= 4 is 11.7 Å². The molecule has 0 unspecified atom stereocenters. The van der Waals surface area contributed by atoms with Gasteiger partial charge in [-0.15, -0.1) is 0 Å². The summed E-state index contributed by atoms with van der Waals surface area (Å²) in [6.45, 7) is 4.18. The molecule has 0 bridgehead atoms. The van der Waals surface area contributed by atoms with E-state index < -0.39 is 0 Å². The first-order chi connectivity index (χ1) is 9.06. The van der Waals surface area contributed by atoms with E-state index in [0.717, 1.165) is 16.7 Å². The van der Waals surface area contributed by atoms with Crippen LogP contribution in [-0.2, 0) is 11.3 Å². The molecule has 0 saturated heterocycles. The summed E-state index contributed by atoms with van der Waals surface area (Å²) in [4.78, 5) is 11.9. The number of rotatable bonds is 3. The molecule has 19 heavy (non-hydrogen) atoms. The third kappa shape index (κ3) is 3.35. The number of benzene rings is 2. The number of anilines is 1.